The molecule has 94 valence electrons. The van der Waals surface area contributed by atoms with Gasteiger partial charge in [-0.1, -0.05) is 19.1 Å². The topological polar surface area (TPSA) is 40.5 Å². The maximum atomic E-state index is 11.2. The predicted molar refractivity (Wildman–Crippen MR) is 77.0 cm³/mol. The van der Waals surface area contributed by atoms with Gasteiger partial charge in [-0.3, -0.25) is 9.69 Å². The minimum Gasteiger partial charge on any atom is -0.480 e. The quantitative estimate of drug-likeness (QED) is 0.833. The molecular formula is C13H18INO2. The number of nitrogens with zero attached hydrogens (tertiary/aromatic N) is 1. The van der Waals surface area contributed by atoms with Crippen molar-refractivity contribution in [3.8, 4) is 0 Å². The van der Waals surface area contributed by atoms with Crippen LogP contribution in [0.3, 0.4) is 0 Å². The van der Waals surface area contributed by atoms with E-state index in [4.69, 9.17) is 0 Å². The van der Waals surface area contributed by atoms with Crippen LogP contribution in [0.1, 0.15) is 26.3 Å². The molecule has 1 aromatic rings. The molecule has 0 atom stereocenters. The third kappa shape index (κ3) is 3.67. The molecule has 0 amide bonds. The normalized spacial score (nSPS) is 11.8. The molecular weight excluding hydrogens is 329 g/mol. The van der Waals surface area contributed by atoms with Crippen LogP contribution in [0.4, 0.5) is 0 Å². The van der Waals surface area contributed by atoms with Crippen LogP contribution < -0.4 is 0 Å². The van der Waals surface area contributed by atoms with Crippen LogP contribution in [0.25, 0.3) is 0 Å². The highest BCUT2D eigenvalue weighted by atomic mass is 127. The molecule has 17 heavy (non-hydrogen) atoms. The maximum absolute atomic E-state index is 11.2. The lowest BCUT2D eigenvalue weighted by Gasteiger charge is -2.34. The monoisotopic (exact) mass is 347 g/mol. The Hall–Kier alpha value is -0.620. The van der Waals surface area contributed by atoms with Gasteiger partial charge in [0.1, 0.15) is 5.54 Å². The van der Waals surface area contributed by atoms with Crippen LogP contribution in [0, 0.1) is 3.57 Å². The van der Waals surface area contributed by atoms with Gasteiger partial charge in [0.15, 0.2) is 0 Å². The van der Waals surface area contributed by atoms with E-state index in [1.165, 1.54) is 3.57 Å². The Bertz CT molecular complexity index is 387. The van der Waals surface area contributed by atoms with E-state index in [9.17, 15) is 9.90 Å². The summed E-state index contributed by atoms with van der Waals surface area (Å²) in [5.41, 5.74) is 0.305. The number of aliphatic carboxylic acids is 1. The molecule has 0 heterocycles. The Labute approximate surface area is 116 Å². The van der Waals surface area contributed by atoms with Crippen LogP contribution in [0.5, 0.6) is 0 Å². The molecule has 0 bridgehead atoms. The standard InChI is InChI=1S/C13H18INO2/c1-4-15(13(2,3)12(16)17)9-10-5-7-11(14)8-6-10/h5-8H,4,9H2,1-3H3,(H,16,17). The van der Waals surface area contributed by atoms with Crippen molar-refractivity contribution in [1.82, 2.24) is 4.90 Å². The largest absolute Gasteiger partial charge is 0.480 e. The summed E-state index contributed by atoms with van der Waals surface area (Å²) in [7, 11) is 0. The molecule has 0 spiro atoms. The number of carbonyl (C=O) groups is 1. The number of hydrogen-bond donors (Lipinski definition) is 1. The molecule has 0 saturated carbocycles. The maximum Gasteiger partial charge on any atom is 0.323 e. The minimum absolute atomic E-state index is 0.659. The molecule has 4 heteroatoms. The summed E-state index contributed by atoms with van der Waals surface area (Å²) < 4.78 is 1.19. The SMILES string of the molecule is CCN(Cc1ccc(I)cc1)C(C)(C)C(=O)O. The molecule has 1 rings (SSSR count). The van der Waals surface area contributed by atoms with Gasteiger partial charge in [-0.05, 0) is 60.7 Å². The third-order valence-corrected chi connectivity index (χ3v) is 3.70. The zero-order valence-corrected chi connectivity index (χ0v) is 12.6. The lowest BCUT2D eigenvalue weighted by molar-refractivity contribution is -0.149. The van der Waals surface area contributed by atoms with Crippen LogP contribution in [-0.4, -0.2) is 28.1 Å². The first kappa shape index (κ1) is 14.4. The number of carboxylic acids is 1. The second kappa shape index (κ2) is 5.82. The summed E-state index contributed by atoms with van der Waals surface area (Å²) in [4.78, 5) is 13.2. The molecule has 3 nitrogen and oxygen atoms in total. The van der Waals surface area contributed by atoms with Gasteiger partial charge in [0.25, 0.3) is 0 Å². The Morgan fingerprint density at radius 3 is 2.29 bits per heavy atom. The fourth-order valence-electron chi connectivity index (χ4n) is 1.65. The van der Waals surface area contributed by atoms with E-state index in [0.717, 1.165) is 5.56 Å². The van der Waals surface area contributed by atoms with E-state index < -0.39 is 11.5 Å². The van der Waals surface area contributed by atoms with Crippen molar-refractivity contribution in [3.63, 3.8) is 0 Å². The van der Waals surface area contributed by atoms with Crippen molar-refractivity contribution in [2.24, 2.45) is 0 Å². The van der Waals surface area contributed by atoms with Gasteiger partial charge in [-0.2, -0.15) is 0 Å². The van der Waals surface area contributed by atoms with Gasteiger partial charge in [0, 0.05) is 10.1 Å². The van der Waals surface area contributed by atoms with Gasteiger partial charge >= 0.3 is 5.97 Å². The van der Waals surface area contributed by atoms with Crippen LogP contribution >= 0.6 is 22.6 Å². The van der Waals surface area contributed by atoms with Gasteiger partial charge in [0.05, 0.1) is 0 Å². The Balaban J connectivity index is 2.83. The molecule has 0 saturated heterocycles. The summed E-state index contributed by atoms with van der Waals surface area (Å²) in [5, 5.41) is 9.22. The lowest BCUT2D eigenvalue weighted by Crippen LogP contribution is -2.49. The fourth-order valence-corrected chi connectivity index (χ4v) is 2.01. The highest BCUT2D eigenvalue weighted by molar-refractivity contribution is 14.1. The molecule has 0 fully saturated rings. The van der Waals surface area contributed by atoms with Gasteiger partial charge in [-0.25, -0.2) is 0 Å². The molecule has 0 aliphatic carbocycles. The first-order valence-electron chi connectivity index (χ1n) is 5.60. The highest BCUT2D eigenvalue weighted by Gasteiger charge is 2.33. The van der Waals surface area contributed by atoms with Crippen LogP contribution in [0.2, 0.25) is 0 Å². The van der Waals surface area contributed by atoms with Crippen molar-refractivity contribution in [2.45, 2.75) is 32.9 Å². The lowest BCUT2D eigenvalue weighted by atomic mass is 10.0. The van der Waals surface area contributed by atoms with Gasteiger partial charge in [0.2, 0.25) is 0 Å². The summed E-state index contributed by atoms with van der Waals surface area (Å²) in [6, 6.07) is 8.17. The fraction of sp³-hybridized carbons (Fsp3) is 0.462. The van der Waals surface area contributed by atoms with Gasteiger partial charge < -0.3 is 5.11 Å². The molecule has 1 aromatic carbocycles. The van der Waals surface area contributed by atoms with E-state index in [2.05, 4.69) is 22.6 Å². The molecule has 0 aliphatic rings. The van der Waals surface area contributed by atoms with E-state index in [1.807, 2.05) is 36.1 Å². The summed E-state index contributed by atoms with van der Waals surface area (Å²) in [6.07, 6.45) is 0. The molecule has 0 radical (unpaired) electrons. The molecule has 0 aliphatic heterocycles. The zero-order chi connectivity index (χ0) is 13.1. The second-order valence-corrected chi connectivity index (χ2v) is 5.75. The third-order valence-electron chi connectivity index (χ3n) is 2.98. The molecule has 0 unspecified atom stereocenters. The first-order chi connectivity index (χ1) is 7.87. The molecule has 1 N–H and O–H groups in total. The average molecular weight is 347 g/mol. The molecule has 0 aromatic heterocycles. The summed E-state index contributed by atoms with van der Waals surface area (Å²) in [5.74, 6) is -0.787. The summed E-state index contributed by atoms with van der Waals surface area (Å²) >= 11 is 2.26. The second-order valence-electron chi connectivity index (χ2n) is 4.50. The van der Waals surface area contributed by atoms with Crippen molar-refractivity contribution in [3.05, 3.63) is 33.4 Å². The van der Waals surface area contributed by atoms with E-state index in [0.29, 0.717) is 13.1 Å². The van der Waals surface area contributed by atoms with Crippen LogP contribution in [0.15, 0.2) is 24.3 Å². The van der Waals surface area contributed by atoms with Crippen molar-refractivity contribution >= 4 is 28.6 Å². The average Bonchev–Trinajstić information content (AvgIpc) is 2.27. The minimum atomic E-state index is -0.836. The highest BCUT2D eigenvalue weighted by Crippen LogP contribution is 2.18. The zero-order valence-electron chi connectivity index (χ0n) is 10.4. The number of benzene rings is 1. The number of rotatable bonds is 5. The Morgan fingerprint density at radius 1 is 1.35 bits per heavy atom. The predicted octanol–water partition coefficient (Wildman–Crippen LogP) is 2.98. The van der Waals surface area contributed by atoms with Gasteiger partial charge in [-0.15, -0.1) is 0 Å². The number of likely N-dealkylation sites (N-methyl/N-ethyl adjacent to an activating group) is 1. The van der Waals surface area contributed by atoms with E-state index >= 15 is 0 Å². The van der Waals surface area contributed by atoms with Crippen molar-refractivity contribution in [1.29, 1.82) is 0 Å². The Kier molecular flexibility index (Phi) is 4.94. The Morgan fingerprint density at radius 2 is 1.88 bits per heavy atom. The number of hydrogen-bond acceptors (Lipinski definition) is 2. The van der Waals surface area contributed by atoms with Crippen LogP contribution in [-0.2, 0) is 11.3 Å². The first-order valence-corrected chi connectivity index (χ1v) is 6.68. The smallest absolute Gasteiger partial charge is 0.323 e. The van der Waals surface area contributed by atoms with Crippen molar-refractivity contribution < 1.29 is 9.90 Å². The number of carboxylic acid groups (broad SMARTS) is 1. The number of halogens is 1. The van der Waals surface area contributed by atoms with Crippen molar-refractivity contribution in [2.75, 3.05) is 6.54 Å². The summed E-state index contributed by atoms with van der Waals surface area (Å²) in [6.45, 7) is 6.84. The van der Waals surface area contributed by atoms with E-state index in [1.54, 1.807) is 13.8 Å². The van der Waals surface area contributed by atoms with E-state index in [-0.39, 0.29) is 0 Å².